The Labute approximate surface area is 125 Å². The van der Waals surface area contributed by atoms with Crippen LogP contribution in [0.25, 0.3) is 0 Å². The quantitative estimate of drug-likeness (QED) is 0.394. The molecule has 1 aromatic heterocycles. The average Bonchev–Trinajstić information content (AvgIpc) is 2.48. The summed E-state index contributed by atoms with van der Waals surface area (Å²) in [5.41, 5.74) is 0. The minimum Gasteiger partial charge on any atom is -0.465 e. The first-order chi connectivity index (χ1) is 10.0. The molecule has 21 heavy (non-hydrogen) atoms. The van der Waals surface area contributed by atoms with Gasteiger partial charge in [0, 0.05) is 12.4 Å². The van der Waals surface area contributed by atoms with Crippen molar-refractivity contribution >= 4 is 15.8 Å². The number of ether oxygens (including phenoxy) is 1. The predicted octanol–water partition coefficient (Wildman–Crippen LogP) is 2.15. The molecule has 0 saturated heterocycles. The average molecular weight is 314 g/mol. The molecule has 0 saturated carbocycles. The summed E-state index contributed by atoms with van der Waals surface area (Å²) in [4.78, 5) is 19.5. The van der Waals surface area contributed by atoms with Gasteiger partial charge in [-0.25, -0.2) is 18.4 Å². The largest absolute Gasteiger partial charge is 0.465 e. The first-order valence-electron chi connectivity index (χ1n) is 7.21. The van der Waals surface area contributed by atoms with Gasteiger partial charge >= 0.3 is 5.97 Å². The van der Waals surface area contributed by atoms with Gasteiger partial charge in [0.15, 0.2) is 5.25 Å². The lowest BCUT2D eigenvalue weighted by molar-refractivity contribution is -0.142. The molecule has 7 heteroatoms. The zero-order valence-electron chi connectivity index (χ0n) is 12.5. The summed E-state index contributed by atoms with van der Waals surface area (Å²) in [5, 5.41) is -1.55. The van der Waals surface area contributed by atoms with Crippen molar-refractivity contribution in [2.24, 2.45) is 0 Å². The van der Waals surface area contributed by atoms with Gasteiger partial charge in [0.25, 0.3) is 0 Å². The van der Waals surface area contributed by atoms with Gasteiger partial charge in [0.2, 0.25) is 15.0 Å². The van der Waals surface area contributed by atoms with Crippen molar-refractivity contribution in [1.29, 1.82) is 0 Å². The van der Waals surface area contributed by atoms with Gasteiger partial charge in [-0.2, -0.15) is 0 Å². The standard InChI is InChI=1S/C14H22N2O4S/c1-3-5-6-7-9-12(13(17)20-4-2)21(18,19)14-15-10-8-11-16-14/h8,10-12H,3-7,9H2,1-2H3. The molecule has 6 nitrogen and oxygen atoms in total. The number of hydrogen-bond donors (Lipinski definition) is 0. The van der Waals surface area contributed by atoms with Crippen molar-refractivity contribution in [2.45, 2.75) is 56.4 Å². The molecule has 1 aromatic rings. The Morgan fingerprint density at radius 3 is 2.43 bits per heavy atom. The third-order valence-electron chi connectivity index (χ3n) is 3.04. The fraction of sp³-hybridized carbons (Fsp3) is 0.643. The molecule has 118 valence electrons. The van der Waals surface area contributed by atoms with E-state index < -0.39 is 21.1 Å². The van der Waals surface area contributed by atoms with Gasteiger partial charge in [-0.3, -0.25) is 4.79 Å². The highest BCUT2D eigenvalue weighted by Crippen LogP contribution is 2.19. The van der Waals surface area contributed by atoms with E-state index in [4.69, 9.17) is 4.74 Å². The highest BCUT2D eigenvalue weighted by molar-refractivity contribution is 7.92. The SMILES string of the molecule is CCCCCCC(C(=O)OCC)S(=O)(=O)c1ncccn1. The summed E-state index contributed by atoms with van der Waals surface area (Å²) >= 11 is 0. The summed E-state index contributed by atoms with van der Waals surface area (Å²) in [6.45, 7) is 3.87. The summed E-state index contributed by atoms with van der Waals surface area (Å²) in [6, 6.07) is 1.53. The second-order valence-corrected chi connectivity index (χ2v) is 6.69. The molecular formula is C14H22N2O4S. The Kier molecular flexibility index (Phi) is 7.28. The monoisotopic (exact) mass is 314 g/mol. The number of esters is 1. The molecule has 0 radical (unpaired) electrons. The lowest BCUT2D eigenvalue weighted by Gasteiger charge is -2.15. The van der Waals surface area contributed by atoms with Crippen molar-refractivity contribution in [1.82, 2.24) is 9.97 Å². The van der Waals surface area contributed by atoms with E-state index in [0.717, 1.165) is 19.3 Å². The van der Waals surface area contributed by atoms with Crippen molar-refractivity contribution in [2.75, 3.05) is 6.61 Å². The highest BCUT2D eigenvalue weighted by Gasteiger charge is 2.36. The zero-order chi connectivity index (χ0) is 15.7. The van der Waals surface area contributed by atoms with Crippen LogP contribution in [-0.4, -0.2) is 36.2 Å². The molecule has 0 bridgehead atoms. The van der Waals surface area contributed by atoms with Crippen LogP contribution in [0, 0.1) is 0 Å². The Bertz CT molecular complexity index is 531. The van der Waals surface area contributed by atoms with Crippen LogP contribution < -0.4 is 0 Å². The maximum atomic E-state index is 12.5. The van der Waals surface area contributed by atoms with E-state index in [1.807, 2.05) is 0 Å². The van der Waals surface area contributed by atoms with Crippen molar-refractivity contribution < 1.29 is 17.9 Å². The van der Waals surface area contributed by atoms with Crippen LogP contribution in [0.3, 0.4) is 0 Å². The molecule has 1 rings (SSSR count). The van der Waals surface area contributed by atoms with Gasteiger partial charge < -0.3 is 4.74 Å². The van der Waals surface area contributed by atoms with Crippen LogP contribution >= 0.6 is 0 Å². The number of unbranched alkanes of at least 4 members (excludes halogenated alkanes) is 3. The Balaban J connectivity index is 2.91. The molecule has 0 amide bonds. The molecule has 0 aliphatic heterocycles. The van der Waals surface area contributed by atoms with E-state index in [-0.39, 0.29) is 18.2 Å². The van der Waals surface area contributed by atoms with Crippen LogP contribution in [0.4, 0.5) is 0 Å². The number of carbonyl (C=O) groups is 1. The summed E-state index contributed by atoms with van der Waals surface area (Å²) in [7, 11) is -3.91. The molecular weight excluding hydrogens is 292 g/mol. The second kappa shape index (κ2) is 8.71. The van der Waals surface area contributed by atoms with E-state index in [2.05, 4.69) is 16.9 Å². The number of sulfone groups is 1. The zero-order valence-corrected chi connectivity index (χ0v) is 13.3. The fourth-order valence-electron chi connectivity index (χ4n) is 1.95. The van der Waals surface area contributed by atoms with E-state index >= 15 is 0 Å². The molecule has 1 atom stereocenters. The first-order valence-corrected chi connectivity index (χ1v) is 8.76. The van der Waals surface area contributed by atoms with Gasteiger partial charge in [-0.1, -0.05) is 32.6 Å². The first kappa shape index (κ1) is 17.6. The lowest BCUT2D eigenvalue weighted by atomic mass is 10.1. The maximum Gasteiger partial charge on any atom is 0.324 e. The minimum absolute atomic E-state index is 0.148. The van der Waals surface area contributed by atoms with Crippen LogP contribution in [0.2, 0.25) is 0 Å². The summed E-state index contributed by atoms with van der Waals surface area (Å²) < 4.78 is 29.9. The van der Waals surface area contributed by atoms with Crippen LogP contribution in [0.15, 0.2) is 23.6 Å². The number of nitrogens with zero attached hydrogens (tertiary/aromatic N) is 2. The number of aromatic nitrogens is 2. The molecule has 1 heterocycles. The molecule has 0 aliphatic carbocycles. The second-order valence-electron chi connectivity index (χ2n) is 4.67. The van der Waals surface area contributed by atoms with Crippen molar-refractivity contribution in [3.8, 4) is 0 Å². The maximum absolute atomic E-state index is 12.5. The summed E-state index contributed by atoms with van der Waals surface area (Å²) in [5.74, 6) is -0.721. The van der Waals surface area contributed by atoms with Gasteiger partial charge in [0.05, 0.1) is 6.61 Å². The van der Waals surface area contributed by atoms with Crippen LogP contribution in [-0.2, 0) is 19.4 Å². The minimum atomic E-state index is -3.91. The van der Waals surface area contributed by atoms with E-state index in [1.165, 1.54) is 18.5 Å². The molecule has 0 N–H and O–H groups in total. The molecule has 0 aromatic carbocycles. The third-order valence-corrected chi connectivity index (χ3v) is 4.94. The molecule has 0 spiro atoms. The van der Waals surface area contributed by atoms with Crippen molar-refractivity contribution in [3.05, 3.63) is 18.5 Å². The lowest BCUT2D eigenvalue weighted by Crippen LogP contribution is -2.33. The topological polar surface area (TPSA) is 86.2 Å². The van der Waals surface area contributed by atoms with Gasteiger partial charge in [-0.05, 0) is 19.4 Å². The van der Waals surface area contributed by atoms with E-state index in [9.17, 15) is 13.2 Å². The van der Waals surface area contributed by atoms with Gasteiger partial charge in [0.1, 0.15) is 0 Å². The van der Waals surface area contributed by atoms with E-state index in [0.29, 0.717) is 6.42 Å². The normalized spacial score (nSPS) is 12.9. The predicted molar refractivity (Wildman–Crippen MR) is 78.4 cm³/mol. The van der Waals surface area contributed by atoms with E-state index in [1.54, 1.807) is 6.92 Å². The Morgan fingerprint density at radius 2 is 1.86 bits per heavy atom. The number of carbonyl (C=O) groups excluding carboxylic acids is 1. The number of rotatable bonds is 9. The molecule has 1 unspecified atom stereocenters. The highest BCUT2D eigenvalue weighted by atomic mass is 32.2. The Hall–Kier alpha value is -1.50. The smallest absolute Gasteiger partial charge is 0.324 e. The van der Waals surface area contributed by atoms with Crippen LogP contribution in [0.1, 0.15) is 46.0 Å². The Morgan fingerprint density at radius 1 is 1.19 bits per heavy atom. The molecule has 0 aliphatic rings. The molecule has 0 fully saturated rings. The van der Waals surface area contributed by atoms with Crippen LogP contribution in [0.5, 0.6) is 0 Å². The fourth-order valence-corrected chi connectivity index (χ4v) is 3.42. The summed E-state index contributed by atoms with van der Waals surface area (Å²) in [6.07, 6.45) is 6.52. The number of hydrogen-bond acceptors (Lipinski definition) is 6. The van der Waals surface area contributed by atoms with Crippen molar-refractivity contribution in [3.63, 3.8) is 0 Å². The third kappa shape index (κ3) is 5.08. The van der Waals surface area contributed by atoms with Gasteiger partial charge in [-0.15, -0.1) is 0 Å².